The monoisotopic (exact) mass is 772 g/mol. The van der Waals surface area contributed by atoms with Crippen LogP contribution in [-0.2, 0) is 0 Å². The molecule has 0 N–H and O–H groups in total. The quantitative estimate of drug-likeness (QED) is 0.154. The molecule has 0 aliphatic rings. The van der Waals surface area contributed by atoms with Crippen LogP contribution in [0.3, 0.4) is 0 Å². The van der Waals surface area contributed by atoms with Crippen molar-refractivity contribution in [1.29, 1.82) is 0 Å². The first-order valence-corrected chi connectivity index (χ1v) is 20.6. The average Bonchev–Trinajstić information content (AvgIpc) is 3.80. The summed E-state index contributed by atoms with van der Waals surface area (Å²) in [6.45, 7) is 0. The van der Waals surface area contributed by atoms with Crippen LogP contribution >= 0.6 is 11.5 Å². The first kappa shape index (κ1) is 34.6. The van der Waals surface area contributed by atoms with Crippen molar-refractivity contribution in [3.8, 4) is 22.0 Å². The standard InChI is InChI=1S/C54H36N4S/c1-5-15-41-31-49(27-23-37(41)11-1)57(50-28-24-38-12-2-6-16-42(38)32-50)47-21-9-19-45(35-47)53-55-54(59-56-53)46-20-10-22-48(36-46)58(51-29-25-39-13-3-7-17-43(39)33-51)52-30-26-40-14-4-8-18-44(40)34-52/h1-36H. The minimum atomic E-state index is 0.704. The molecule has 0 aliphatic carbocycles. The predicted molar refractivity (Wildman–Crippen MR) is 250 cm³/mol. The molecule has 0 amide bonds. The number of aromatic nitrogens is 2. The first-order valence-electron chi connectivity index (χ1n) is 19.8. The topological polar surface area (TPSA) is 32.3 Å². The van der Waals surface area contributed by atoms with Crippen LogP contribution < -0.4 is 9.80 Å². The van der Waals surface area contributed by atoms with E-state index in [0.29, 0.717) is 5.82 Å². The zero-order valence-electron chi connectivity index (χ0n) is 32.0. The van der Waals surface area contributed by atoms with Gasteiger partial charge in [0.15, 0.2) is 5.82 Å². The second-order valence-electron chi connectivity index (χ2n) is 14.8. The molecule has 1 heterocycles. The molecule has 11 aromatic rings. The molecule has 1 aromatic heterocycles. The molecule has 11 rings (SSSR count). The van der Waals surface area contributed by atoms with E-state index in [0.717, 1.165) is 50.3 Å². The lowest BCUT2D eigenvalue weighted by molar-refractivity contribution is 1.27. The van der Waals surface area contributed by atoms with Crippen molar-refractivity contribution in [1.82, 2.24) is 9.36 Å². The second-order valence-corrected chi connectivity index (χ2v) is 15.6. The van der Waals surface area contributed by atoms with Gasteiger partial charge in [-0.25, -0.2) is 4.98 Å². The van der Waals surface area contributed by atoms with Crippen molar-refractivity contribution < 1.29 is 0 Å². The van der Waals surface area contributed by atoms with E-state index >= 15 is 0 Å². The van der Waals surface area contributed by atoms with Crippen LogP contribution in [-0.4, -0.2) is 9.36 Å². The maximum atomic E-state index is 5.18. The fourth-order valence-corrected chi connectivity index (χ4v) is 8.86. The number of benzene rings is 10. The number of nitrogens with zero attached hydrogens (tertiary/aromatic N) is 4. The van der Waals surface area contributed by atoms with Gasteiger partial charge in [0.2, 0.25) is 0 Å². The fraction of sp³-hybridized carbons (Fsp3) is 0. The lowest BCUT2D eigenvalue weighted by atomic mass is 10.1. The molecule has 5 heteroatoms. The summed E-state index contributed by atoms with van der Waals surface area (Å²) in [6, 6.07) is 78.0. The van der Waals surface area contributed by atoms with Gasteiger partial charge in [0.25, 0.3) is 0 Å². The van der Waals surface area contributed by atoms with E-state index in [9.17, 15) is 0 Å². The Morgan fingerprint density at radius 1 is 0.288 bits per heavy atom. The third kappa shape index (κ3) is 6.63. The van der Waals surface area contributed by atoms with Crippen LogP contribution in [0.15, 0.2) is 218 Å². The largest absolute Gasteiger partial charge is 0.310 e. The predicted octanol–water partition coefficient (Wildman–Crippen LogP) is 15.4. The van der Waals surface area contributed by atoms with E-state index < -0.39 is 0 Å². The average molecular weight is 773 g/mol. The van der Waals surface area contributed by atoms with Gasteiger partial charge in [0.05, 0.1) is 0 Å². The van der Waals surface area contributed by atoms with Gasteiger partial charge < -0.3 is 9.80 Å². The highest BCUT2D eigenvalue weighted by Crippen LogP contribution is 2.41. The van der Waals surface area contributed by atoms with Gasteiger partial charge >= 0.3 is 0 Å². The van der Waals surface area contributed by atoms with Gasteiger partial charge in [-0.2, -0.15) is 4.37 Å². The fourth-order valence-electron chi connectivity index (χ4n) is 8.18. The molecular weight excluding hydrogens is 737 g/mol. The second kappa shape index (κ2) is 14.7. The highest BCUT2D eigenvalue weighted by Gasteiger charge is 2.19. The number of anilines is 6. The first-order chi connectivity index (χ1) is 29.2. The molecule has 0 bridgehead atoms. The summed E-state index contributed by atoms with van der Waals surface area (Å²) in [7, 11) is 0. The molecule has 0 unspecified atom stereocenters. The lowest BCUT2D eigenvalue weighted by Crippen LogP contribution is -2.10. The highest BCUT2D eigenvalue weighted by molar-refractivity contribution is 7.09. The summed E-state index contributed by atoms with van der Waals surface area (Å²) in [5.74, 6) is 0.704. The Bertz CT molecular complexity index is 2950. The van der Waals surface area contributed by atoms with Crippen LogP contribution in [0, 0.1) is 0 Å². The Hall–Kier alpha value is -7.60. The van der Waals surface area contributed by atoms with Gasteiger partial charge in [-0.05, 0) is 127 Å². The highest BCUT2D eigenvalue weighted by atomic mass is 32.1. The van der Waals surface area contributed by atoms with Gasteiger partial charge in [0.1, 0.15) is 5.01 Å². The van der Waals surface area contributed by atoms with E-state index in [4.69, 9.17) is 9.36 Å². The number of fused-ring (bicyclic) bond motifs is 4. The van der Waals surface area contributed by atoms with Crippen LogP contribution in [0.4, 0.5) is 34.1 Å². The van der Waals surface area contributed by atoms with Crippen LogP contribution in [0.2, 0.25) is 0 Å². The minimum Gasteiger partial charge on any atom is -0.310 e. The Morgan fingerprint density at radius 3 is 1.03 bits per heavy atom. The lowest BCUT2D eigenvalue weighted by Gasteiger charge is -2.26. The van der Waals surface area contributed by atoms with Crippen molar-refractivity contribution in [2.24, 2.45) is 0 Å². The number of hydrogen-bond donors (Lipinski definition) is 0. The van der Waals surface area contributed by atoms with Gasteiger partial charge in [0, 0.05) is 45.3 Å². The molecule has 0 aliphatic heterocycles. The molecule has 10 aromatic carbocycles. The van der Waals surface area contributed by atoms with Crippen molar-refractivity contribution in [3.05, 3.63) is 218 Å². The number of hydrogen-bond acceptors (Lipinski definition) is 5. The van der Waals surface area contributed by atoms with Crippen LogP contribution in [0.5, 0.6) is 0 Å². The Kier molecular flexibility index (Phi) is 8.64. The van der Waals surface area contributed by atoms with Crippen molar-refractivity contribution in [3.63, 3.8) is 0 Å². The summed E-state index contributed by atoms with van der Waals surface area (Å²) in [4.78, 5) is 9.84. The summed E-state index contributed by atoms with van der Waals surface area (Å²) in [6.07, 6.45) is 0. The van der Waals surface area contributed by atoms with Crippen molar-refractivity contribution in [2.45, 2.75) is 0 Å². The summed E-state index contributed by atoms with van der Waals surface area (Å²) in [5, 5.41) is 10.5. The third-order valence-corrected chi connectivity index (χ3v) is 11.9. The molecule has 0 radical (unpaired) electrons. The SMILES string of the molecule is c1cc(-c2nsc(-c3cccc(N(c4ccc5ccccc5c4)c4ccc5ccccc5c4)c3)n2)cc(N(c2ccc3ccccc3c2)c2ccc3ccccc3c2)c1. The zero-order valence-corrected chi connectivity index (χ0v) is 32.8. The van der Waals surface area contributed by atoms with Crippen LogP contribution in [0.1, 0.15) is 0 Å². The van der Waals surface area contributed by atoms with E-state index in [1.807, 2.05) is 0 Å². The van der Waals surface area contributed by atoms with E-state index in [-0.39, 0.29) is 0 Å². The Balaban J connectivity index is 0.976. The molecule has 0 spiro atoms. The van der Waals surface area contributed by atoms with Crippen molar-refractivity contribution >= 4 is 88.7 Å². The molecule has 0 atom stereocenters. The Labute approximate surface area is 346 Å². The van der Waals surface area contributed by atoms with Crippen molar-refractivity contribution in [2.75, 3.05) is 9.80 Å². The maximum Gasteiger partial charge on any atom is 0.173 e. The molecular formula is C54H36N4S. The third-order valence-electron chi connectivity index (χ3n) is 11.1. The normalized spacial score (nSPS) is 11.4. The van der Waals surface area contributed by atoms with E-state index in [2.05, 4.69) is 228 Å². The molecule has 0 saturated heterocycles. The smallest absolute Gasteiger partial charge is 0.173 e. The van der Waals surface area contributed by atoms with E-state index in [1.165, 1.54) is 54.6 Å². The summed E-state index contributed by atoms with van der Waals surface area (Å²) < 4.78 is 4.95. The zero-order chi connectivity index (χ0) is 39.1. The number of rotatable bonds is 8. The minimum absolute atomic E-state index is 0.704. The summed E-state index contributed by atoms with van der Waals surface area (Å²) in [5.41, 5.74) is 8.41. The summed E-state index contributed by atoms with van der Waals surface area (Å²) >= 11 is 1.43. The molecule has 59 heavy (non-hydrogen) atoms. The molecule has 0 saturated carbocycles. The molecule has 4 nitrogen and oxygen atoms in total. The van der Waals surface area contributed by atoms with Gasteiger partial charge in [-0.1, -0.05) is 146 Å². The van der Waals surface area contributed by atoms with Gasteiger partial charge in [-0.15, -0.1) is 0 Å². The molecule has 278 valence electrons. The maximum absolute atomic E-state index is 5.18. The van der Waals surface area contributed by atoms with E-state index in [1.54, 1.807) is 0 Å². The Morgan fingerprint density at radius 2 is 0.627 bits per heavy atom. The molecule has 0 fully saturated rings. The van der Waals surface area contributed by atoms with Gasteiger partial charge in [-0.3, -0.25) is 0 Å². The van der Waals surface area contributed by atoms with Crippen LogP contribution in [0.25, 0.3) is 65.0 Å².